The monoisotopic (exact) mass is 379 g/mol. The molecule has 1 aromatic heterocycles. The Morgan fingerprint density at radius 2 is 1.71 bits per heavy atom. The summed E-state index contributed by atoms with van der Waals surface area (Å²) < 4.78 is 1.17. The van der Waals surface area contributed by atoms with E-state index in [0.29, 0.717) is 24.5 Å². The van der Waals surface area contributed by atoms with Crippen LogP contribution in [0.3, 0.4) is 0 Å². The Hall–Kier alpha value is -4.01. The third-order valence-electron chi connectivity index (χ3n) is 3.85. The molecule has 0 aliphatic carbocycles. The van der Waals surface area contributed by atoms with E-state index in [2.05, 4.69) is 15.7 Å². The summed E-state index contributed by atoms with van der Waals surface area (Å²) in [7, 11) is 0. The Labute approximate surface area is 159 Å². The Morgan fingerprint density at radius 3 is 2.39 bits per heavy atom. The van der Waals surface area contributed by atoms with Gasteiger partial charge in [-0.2, -0.15) is 9.78 Å². The molecule has 142 valence electrons. The van der Waals surface area contributed by atoms with Gasteiger partial charge >= 0.3 is 0 Å². The first-order valence-electron chi connectivity index (χ1n) is 8.47. The summed E-state index contributed by atoms with van der Waals surface area (Å²) in [5, 5.41) is 20.5. The number of amides is 1. The Morgan fingerprint density at radius 1 is 1.00 bits per heavy atom. The number of anilines is 1. The van der Waals surface area contributed by atoms with Crippen LogP contribution in [-0.2, 0) is 0 Å². The SMILES string of the molecule is O=C(NCCNc1ccc([N+](=O)[O-])cc1)c1ccc(=O)n(-c2ccccc2)n1. The minimum atomic E-state index is -0.466. The van der Waals surface area contributed by atoms with Gasteiger partial charge in [0.05, 0.1) is 10.6 Å². The van der Waals surface area contributed by atoms with Gasteiger partial charge in [0.1, 0.15) is 5.69 Å². The highest BCUT2D eigenvalue weighted by molar-refractivity contribution is 5.92. The summed E-state index contributed by atoms with van der Waals surface area (Å²) in [5.41, 5.74) is 1.08. The predicted molar refractivity (Wildman–Crippen MR) is 104 cm³/mol. The van der Waals surface area contributed by atoms with Gasteiger partial charge in [-0.25, -0.2) is 0 Å². The molecule has 0 radical (unpaired) electrons. The van der Waals surface area contributed by atoms with Crippen molar-refractivity contribution in [1.82, 2.24) is 15.1 Å². The van der Waals surface area contributed by atoms with Crippen LogP contribution in [0, 0.1) is 10.1 Å². The number of non-ortho nitro benzene ring substituents is 1. The molecule has 1 amide bonds. The first-order chi connectivity index (χ1) is 13.5. The molecule has 9 heteroatoms. The van der Waals surface area contributed by atoms with Gasteiger partial charge in [-0.05, 0) is 30.3 Å². The van der Waals surface area contributed by atoms with Gasteiger partial charge in [-0.15, -0.1) is 0 Å². The second-order valence-electron chi connectivity index (χ2n) is 5.79. The van der Waals surface area contributed by atoms with Crippen LogP contribution in [0.4, 0.5) is 11.4 Å². The molecule has 0 aliphatic heterocycles. The van der Waals surface area contributed by atoms with Crippen molar-refractivity contribution in [3.05, 3.63) is 92.9 Å². The molecule has 0 unspecified atom stereocenters. The zero-order valence-electron chi connectivity index (χ0n) is 14.7. The second kappa shape index (κ2) is 8.58. The number of nitro benzene ring substituents is 1. The van der Waals surface area contributed by atoms with Crippen molar-refractivity contribution < 1.29 is 9.72 Å². The van der Waals surface area contributed by atoms with Crippen molar-refractivity contribution in [2.45, 2.75) is 0 Å². The van der Waals surface area contributed by atoms with Gasteiger partial charge in [-0.3, -0.25) is 19.7 Å². The van der Waals surface area contributed by atoms with Crippen LogP contribution in [0.25, 0.3) is 5.69 Å². The van der Waals surface area contributed by atoms with Crippen molar-refractivity contribution in [2.24, 2.45) is 0 Å². The minimum Gasteiger partial charge on any atom is -0.383 e. The molecule has 0 aliphatic rings. The standard InChI is InChI=1S/C19H17N5O4/c25-18-11-10-17(22-23(18)15-4-2-1-3-5-15)19(26)21-13-12-20-14-6-8-16(9-7-14)24(27)28/h1-11,20H,12-13H2,(H,21,26). The maximum atomic E-state index is 12.3. The Kier molecular flexibility index (Phi) is 5.75. The van der Waals surface area contributed by atoms with Crippen LogP contribution >= 0.6 is 0 Å². The van der Waals surface area contributed by atoms with E-state index in [0.717, 1.165) is 0 Å². The van der Waals surface area contributed by atoms with Crippen LogP contribution in [0.15, 0.2) is 71.5 Å². The topological polar surface area (TPSA) is 119 Å². The number of nitro groups is 1. The van der Waals surface area contributed by atoms with Crippen molar-refractivity contribution in [2.75, 3.05) is 18.4 Å². The number of benzene rings is 2. The number of hydrogen-bond acceptors (Lipinski definition) is 6. The quantitative estimate of drug-likeness (QED) is 0.368. The van der Waals surface area contributed by atoms with Crippen molar-refractivity contribution in [1.29, 1.82) is 0 Å². The molecule has 2 aromatic carbocycles. The van der Waals surface area contributed by atoms with E-state index in [1.165, 1.54) is 28.9 Å². The molecule has 9 nitrogen and oxygen atoms in total. The molecule has 0 atom stereocenters. The minimum absolute atomic E-state index is 0.0125. The molecule has 28 heavy (non-hydrogen) atoms. The number of aromatic nitrogens is 2. The van der Waals surface area contributed by atoms with E-state index in [9.17, 15) is 19.7 Å². The lowest BCUT2D eigenvalue weighted by Crippen LogP contribution is -2.31. The maximum Gasteiger partial charge on any atom is 0.271 e. The molecular weight excluding hydrogens is 362 g/mol. The molecule has 0 fully saturated rings. The van der Waals surface area contributed by atoms with E-state index < -0.39 is 10.8 Å². The van der Waals surface area contributed by atoms with E-state index in [1.807, 2.05) is 6.07 Å². The fourth-order valence-electron chi connectivity index (χ4n) is 2.46. The number of hydrogen-bond donors (Lipinski definition) is 2. The van der Waals surface area contributed by atoms with Crippen LogP contribution in [0.2, 0.25) is 0 Å². The van der Waals surface area contributed by atoms with Crippen molar-refractivity contribution in [3.63, 3.8) is 0 Å². The maximum absolute atomic E-state index is 12.3. The molecule has 0 saturated heterocycles. The largest absolute Gasteiger partial charge is 0.383 e. The van der Waals surface area contributed by atoms with Crippen LogP contribution < -0.4 is 16.2 Å². The lowest BCUT2D eigenvalue weighted by molar-refractivity contribution is -0.384. The van der Waals surface area contributed by atoms with Gasteiger partial charge in [-0.1, -0.05) is 18.2 Å². The first kappa shape index (κ1) is 18.8. The number of carbonyl (C=O) groups is 1. The second-order valence-corrected chi connectivity index (χ2v) is 5.79. The molecule has 0 bridgehead atoms. The van der Waals surface area contributed by atoms with Crippen molar-refractivity contribution in [3.8, 4) is 5.69 Å². The summed E-state index contributed by atoms with van der Waals surface area (Å²) in [5.74, 6) is -0.407. The average Bonchev–Trinajstić information content (AvgIpc) is 2.72. The number of carbonyl (C=O) groups excluding carboxylic acids is 1. The smallest absolute Gasteiger partial charge is 0.271 e. The van der Waals surface area contributed by atoms with Crippen molar-refractivity contribution >= 4 is 17.3 Å². The zero-order valence-corrected chi connectivity index (χ0v) is 14.7. The number of para-hydroxylation sites is 1. The molecule has 3 aromatic rings. The predicted octanol–water partition coefficient (Wildman–Crippen LogP) is 1.98. The highest BCUT2D eigenvalue weighted by Crippen LogP contribution is 2.14. The summed E-state index contributed by atoms with van der Waals surface area (Å²) in [6, 6.07) is 17.5. The Bertz CT molecular complexity index is 1030. The van der Waals surface area contributed by atoms with Gasteiger partial charge in [0.2, 0.25) is 0 Å². The highest BCUT2D eigenvalue weighted by Gasteiger charge is 2.10. The number of rotatable bonds is 7. The lowest BCUT2D eigenvalue weighted by atomic mass is 10.3. The fourth-order valence-corrected chi connectivity index (χ4v) is 2.46. The number of nitrogens with one attached hydrogen (secondary N) is 2. The summed E-state index contributed by atoms with van der Waals surface area (Å²) >= 11 is 0. The summed E-state index contributed by atoms with van der Waals surface area (Å²) in [6.07, 6.45) is 0. The van der Waals surface area contributed by atoms with Gasteiger partial charge in [0.15, 0.2) is 0 Å². The molecule has 0 saturated carbocycles. The fraction of sp³-hybridized carbons (Fsp3) is 0.105. The highest BCUT2D eigenvalue weighted by atomic mass is 16.6. The van der Waals surface area contributed by atoms with Crippen LogP contribution in [-0.4, -0.2) is 33.7 Å². The van der Waals surface area contributed by atoms with Crippen LogP contribution in [0.5, 0.6) is 0 Å². The lowest BCUT2D eigenvalue weighted by Gasteiger charge is -2.09. The van der Waals surface area contributed by atoms with Gasteiger partial charge in [0.25, 0.3) is 17.2 Å². The third-order valence-corrected chi connectivity index (χ3v) is 3.85. The van der Waals surface area contributed by atoms with E-state index in [4.69, 9.17) is 0 Å². The Balaban J connectivity index is 1.56. The van der Waals surface area contributed by atoms with E-state index in [1.54, 1.807) is 36.4 Å². The van der Waals surface area contributed by atoms with Gasteiger partial charge in [0, 0.05) is 37.0 Å². The third kappa shape index (κ3) is 4.58. The zero-order chi connectivity index (χ0) is 19.9. The normalized spacial score (nSPS) is 10.3. The summed E-state index contributed by atoms with van der Waals surface area (Å²) in [6.45, 7) is 0.726. The molecule has 1 heterocycles. The molecule has 2 N–H and O–H groups in total. The van der Waals surface area contributed by atoms with E-state index >= 15 is 0 Å². The van der Waals surface area contributed by atoms with Gasteiger partial charge < -0.3 is 10.6 Å². The first-order valence-corrected chi connectivity index (χ1v) is 8.47. The van der Waals surface area contributed by atoms with Crippen LogP contribution in [0.1, 0.15) is 10.5 Å². The summed E-state index contributed by atoms with van der Waals surface area (Å²) in [4.78, 5) is 34.4. The van der Waals surface area contributed by atoms with E-state index in [-0.39, 0.29) is 16.9 Å². The molecule has 0 spiro atoms. The number of nitrogens with zero attached hydrogens (tertiary/aromatic N) is 3. The molecule has 3 rings (SSSR count). The average molecular weight is 379 g/mol. The molecular formula is C19H17N5O4.